The van der Waals surface area contributed by atoms with E-state index < -0.39 is 0 Å². The molecule has 0 atom stereocenters. The fourth-order valence-corrected chi connectivity index (χ4v) is 2.74. The molecule has 19 heavy (non-hydrogen) atoms. The molecule has 0 fully saturated rings. The van der Waals surface area contributed by atoms with Gasteiger partial charge in [-0.3, -0.25) is 4.79 Å². The standard InChI is InChI=1S/C14H15ClN2OS/c1-10-13(19-9-17-10)6-7-16-14(18)8-11-4-2-3-5-12(11)15/h2-5,9H,6-8H2,1H3,(H,16,18). The van der Waals surface area contributed by atoms with Crippen LogP contribution >= 0.6 is 22.9 Å². The van der Waals surface area contributed by atoms with Crippen LogP contribution < -0.4 is 5.32 Å². The normalized spacial score (nSPS) is 10.4. The minimum atomic E-state index is -0.00438. The summed E-state index contributed by atoms with van der Waals surface area (Å²) in [5.41, 5.74) is 3.73. The van der Waals surface area contributed by atoms with Crippen LogP contribution in [-0.4, -0.2) is 17.4 Å². The van der Waals surface area contributed by atoms with Gasteiger partial charge in [0.2, 0.25) is 5.91 Å². The number of carbonyl (C=O) groups is 1. The molecule has 5 heteroatoms. The van der Waals surface area contributed by atoms with E-state index in [4.69, 9.17) is 11.6 Å². The van der Waals surface area contributed by atoms with Crippen molar-refractivity contribution in [2.24, 2.45) is 0 Å². The molecule has 0 saturated heterocycles. The van der Waals surface area contributed by atoms with E-state index in [0.717, 1.165) is 17.7 Å². The molecule has 0 bridgehead atoms. The number of nitrogens with zero attached hydrogens (tertiary/aromatic N) is 1. The summed E-state index contributed by atoms with van der Waals surface area (Å²) in [6, 6.07) is 7.41. The van der Waals surface area contributed by atoms with Crippen LogP contribution in [0.4, 0.5) is 0 Å². The Bertz CT molecular complexity index is 568. The molecule has 2 rings (SSSR count). The molecule has 3 nitrogen and oxygen atoms in total. The highest BCUT2D eigenvalue weighted by Crippen LogP contribution is 2.15. The number of aromatic nitrogens is 1. The lowest BCUT2D eigenvalue weighted by Gasteiger charge is -2.06. The SMILES string of the molecule is Cc1ncsc1CCNC(=O)Cc1ccccc1Cl. The molecule has 0 radical (unpaired) electrons. The predicted molar refractivity (Wildman–Crippen MR) is 78.7 cm³/mol. The second kappa shape index (κ2) is 6.68. The maximum atomic E-state index is 11.8. The summed E-state index contributed by atoms with van der Waals surface area (Å²) in [6.45, 7) is 2.61. The van der Waals surface area contributed by atoms with E-state index in [2.05, 4.69) is 10.3 Å². The summed E-state index contributed by atoms with van der Waals surface area (Å²) >= 11 is 7.64. The number of rotatable bonds is 5. The average molecular weight is 295 g/mol. The smallest absolute Gasteiger partial charge is 0.224 e. The Balaban J connectivity index is 1.79. The van der Waals surface area contributed by atoms with Gasteiger partial charge >= 0.3 is 0 Å². The fraction of sp³-hybridized carbons (Fsp3) is 0.286. The van der Waals surface area contributed by atoms with E-state index >= 15 is 0 Å². The molecule has 1 heterocycles. The van der Waals surface area contributed by atoms with E-state index in [1.54, 1.807) is 17.4 Å². The Labute approximate surface area is 121 Å². The van der Waals surface area contributed by atoms with Gasteiger partial charge in [0.25, 0.3) is 0 Å². The third kappa shape index (κ3) is 4.04. The Hall–Kier alpha value is -1.39. The van der Waals surface area contributed by atoms with Crippen LogP contribution in [0.15, 0.2) is 29.8 Å². The Morgan fingerprint density at radius 3 is 2.89 bits per heavy atom. The summed E-state index contributed by atoms with van der Waals surface area (Å²) in [4.78, 5) is 17.2. The van der Waals surface area contributed by atoms with E-state index in [0.29, 0.717) is 18.0 Å². The molecule has 0 spiro atoms. The van der Waals surface area contributed by atoms with E-state index in [-0.39, 0.29) is 5.91 Å². The van der Waals surface area contributed by atoms with Gasteiger partial charge in [0.05, 0.1) is 17.6 Å². The molecule has 0 saturated carbocycles. The van der Waals surface area contributed by atoms with Crippen LogP contribution in [-0.2, 0) is 17.6 Å². The topological polar surface area (TPSA) is 42.0 Å². The maximum Gasteiger partial charge on any atom is 0.224 e. The van der Waals surface area contributed by atoms with Crippen LogP contribution in [0, 0.1) is 6.92 Å². The molecular formula is C14H15ClN2OS. The highest BCUT2D eigenvalue weighted by Gasteiger charge is 2.07. The predicted octanol–water partition coefficient (Wildman–Crippen LogP) is 3.01. The van der Waals surface area contributed by atoms with Crippen LogP contribution in [0.2, 0.25) is 5.02 Å². The second-order valence-corrected chi connectivity index (χ2v) is 5.58. The lowest BCUT2D eigenvalue weighted by molar-refractivity contribution is -0.120. The van der Waals surface area contributed by atoms with Crippen molar-refractivity contribution in [3.63, 3.8) is 0 Å². The van der Waals surface area contributed by atoms with Crippen LogP contribution in [0.5, 0.6) is 0 Å². The van der Waals surface area contributed by atoms with Crippen molar-refractivity contribution in [2.75, 3.05) is 6.54 Å². The third-order valence-corrected chi connectivity index (χ3v) is 4.19. The van der Waals surface area contributed by atoms with Crippen LogP contribution in [0.1, 0.15) is 16.1 Å². The summed E-state index contributed by atoms with van der Waals surface area (Å²) < 4.78 is 0. The monoisotopic (exact) mass is 294 g/mol. The first kappa shape index (κ1) is 14.0. The quantitative estimate of drug-likeness (QED) is 0.921. The van der Waals surface area contributed by atoms with Crippen molar-refractivity contribution in [3.05, 3.63) is 50.9 Å². The average Bonchev–Trinajstić information content (AvgIpc) is 2.78. The molecule has 0 aliphatic heterocycles. The highest BCUT2D eigenvalue weighted by molar-refractivity contribution is 7.09. The lowest BCUT2D eigenvalue weighted by atomic mass is 10.1. The van der Waals surface area contributed by atoms with Crippen LogP contribution in [0.25, 0.3) is 0 Å². The number of nitrogens with one attached hydrogen (secondary N) is 1. The highest BCUT2D eigenvalue weighted by atomic mass is 35.5. The first-order chi connectivity index (χ1) is 9.16. The fourth-order valence-electron chi connectivity index (χ4n) is 1.76. The first-order valence-corrected chi connectivity index (χ1v) is 7.31. The molecular weight excluding hydrogens is 280 g/mol. The number of benzene rings is 1. The van der Waals surface area contributed by atoms with E-state index in [1.807, 2.05) is 30.6 Å². The molecule has 1 N–H and O–H groups in total. The summed E-state index contributed by atoms with van der Waals surface area (Å²) in [5, 5.41) is 3.54. The second-order valence-electron chi connectivity index (χ2n) is 4.23. The van der Waals surface area contributed by atoms with Crippen molar-refractivity contribution in [3.8, 4) is 0 Å². The van der Waals surface area contributed by atoms with Gasteiger partial charge in [0.1, 0.15) is 0 Å². The van der Waals surface area contributed by atoms with Crippen molar-refractivity contribution >= 4 is 28.8 Å². The van der Waals surface area contributed by atoms with Crippen molar-refractivity contribution in [2.45, 2.75) is 19.8 Å². The number of amides is 1. The number of hydrogen-bond donors (Lipinski definition) is 1. The molecule has 1 amide bonds. The van der Waals surface area contributed by atoms with Gasteiger partial charge in [-0.05, 0) is 18.6 Å². The minimum absolute atomic E-state index is 0.00438. The zero-order valence-corrected chi connectivity index (χ0v) is 12.2. The van der Waals surface area contributed by atoms with Gasteiger partial charge in [0.15, 0.2) is 0 Å². The Morgan fingerprint density at radius 1 is 1.42 bits per heavy atom. The zero-order valence-electron chi connectivity index (χ0n) is 10.6. The van der Waals surface area contributed by atoms with Gasteiger partial charge < -0.3 is 5.32 Å². The largest absolute Gasteiger partial charge is 0.355 e. The van der Waals surface area contributed by atoms with Crippen molar-refractivity contribution < 1.29 is 4.79 Å². The zero-order chi connectivity index (χ0) is 13.7. The molecule has 100 valence electrons. The molecule has 1 aromatic heterocycles. The summed E-state index contributed by atoms with van der Waals surface area (Å²) in [6.07, 6.45) is 1.14. The summed E-state index contributed by atoms with van der Waals surface area (Å²) in [7, 11) is 0. The van der Waals surface area contributed by atoms with Gasteiger partial charge in [-0.15, -0.1) is 11.3 Å². The molecule has 0 aliphatic rings. The van der Waals surface area contributed by atoms with Gasteiger partial charge in [0, 0.05) is 22.9 Å². The van der Waals surface area contributed by atoms with Gasteiger partial charge in [-0.2, -0.15) is 0 Å². The Kier molecular flexibility index (Phi) is 4.93. The number of hydrogen-bond acceptors (Lipinski definition) is 3. The maximum absolute atomic E-state index is 11.8. The number of halogens is 1. The first-order valence-electron chi connectivity index (χ1n) is 6.06. The Morgan fingerprint density at radius 2 is 2.21 bits per heavy atom. The minimum Gasteiger partial charge on any atom is -0.355 e. The molecule has 0 aliphatic carbocycles. The van der Waals surface area contributed by atoms with Crippen molar-refractivity contribution in [1.82, 2.24) is 10.3 Å². The van der Waals surface area contributed by atoms with Crippen molar-refractivity contribution in [1.29, 1.82) is 0 Å². The molecule has 1 aromatic carbocycles. The van der Waals surface area contributed by atoms with E-state index in [9.17, 15) is 4.79 Å². The molecule has 0 unspecified atom stereocenters. The van der Waals surface area contributed by atoms with Gasteiger partial charge in [-0.1, -0.05) is 29.8 Å². The van der Waals surface area contributed by atoms with E-state index in [1.165, 1.54) is 4.88 Å². The third-order valence-electron chi connectivity index (χ3n) is 2.83. The number of thiazole rings is 1. The number of aryl methyl sites for hydroxylation is 1. The van der Waals surface area contributed by atoms with Crippen LogP contribution in [0.3, 0.4) is 0 Å². The molecule has 2 aromatic rings. The summed E-state index contributed by atoms with van der Waals surface area (Å²) in [5.74, 6) is -0.00438. The number of carbonyl (C=O) groups excluding carboxylic acids is 1. The van der Waals surface area contributed by atoms with Gasteiger partial charge in [-0.25, -0.2) is 4.98 Å². The lowest BCUT2D eigenvalue weighted by Crippen LogP contribution is -2.27.